The second-order valence-electron chi connectivity index (χ2n) is 5.37. The molecule has 1 atom stereocenters. The molecule has 1 fully saturated rings. The molecular weight excluding hydrogens is 252 g/mol. The largest absolute Gasteiger partial charge is 0.396 e. The summed E-state index contributed by atoms with van der Waals surface area (Å²) in [6.07, 6.45) is 3.11. The average Bonchev–Trinajstić information content (AvgIpc) is 2.85. The summed E-state index contributed by atoms with van der Waals surface area (Å²) in [5.41, 5.74) is 1.00. The van der Waals surface area contributed by atoms with Crippen LogP contribution in [0.1, 0.15) is 12.1 Å². The SMILES string of the molecule is O=C1CC(CO)CN1CCc1cc2ccccc2cn1. The summed E-state index contributed by atoms with van der Waals surface area (Å²) in [7, 11) is 0. The third kappa shape index (κ3) is 2.65. The van der Waals surface area contributed by atoms with Crippen molar-refractivity contribution in [2.75, 3.05) is 19.7 Å². The minimum Gasteiger partial charge on any atom is -0.396 e. The Hall–Kier alpha value is -1.94. The highest BCUT2D eigenvalue weighted by Gasteiger charge is 2.28. The lowest BCUT2D eigenvalue weighted by Gasteiger charge is -2.16. The second-order valence-corrected chi connectivity index (χ2v) is 5.37. The Morgan fingerprint density at radius 3 is 2.85 bits per heavy atom. The Morgan fingerprint density at radius 2 is 2.10 bits per heavy atom. The van der Waals surface area contributed by atoms with Gasteiger partial charge in [0.1, 0.15) is 0 Å². The van der Waals surface area contributed by atoms with E-state index in [4.69, 9.17) is 5.11 Å². The van der Waals surface area contributed by atoms with Crippen molar-refractivity contribution in [2.45, 2.75) is 12.8 Å². The number of rotatable bonds is 4. The van der Waals surface area contributed by atoms with Crippen molar-refractivity contribution in [3.63, 3.8) is 0 Å². The zero-order valence-corrected chi connectivity index (χ0v) is 11.3. The average molecular weight is 270 g/mol. The van der Waals surface area contributed by atoms with Crippen LogP contribution in [0.25, 0.3) is 10.8 Å². The summed E-state index contributed by atoms with van der Waals surface area (Å²) >= 11 is 0. The van der Waals surface area contributed by atoms with E-state index >= 15 is 0 Å². The Kier molecular flexibility index (Phi) is 3.65. The summed E-state index contributed by atoms with van der Waals surface area (Å²) in [6, 6.07) is 10.2. The lowest BCUT2D eigenvalue weighted by atomic mass is 10.1. The van der Waals surface area contributed by atoms with Gasteiger partial charge in [-0.1, -0.05) is 24.3 Å². The molecule has 1 aromatic carbocycles. The molecule has 0 saturated carbocycles. The molecule has 0 spiro atoms. The van der Waals surface area contributed by atoms with Crippen molar-refractivity contribution < 1.29 is 9.90 Å². The summed E-state index contributed by atoms with van der Waals surface area (Å²) in [4.78, 5) is 18.0. The van der Waals surface area contributed by atoms with Gasteiger partial charge in [-0.2, -0.15) is 0 Å². The van der Waals surface area contributed by atoms with Crippen molar-refractivity contribution in [1.82, 2.24) is 9.88 Å². The number of aromatic nitrogens is 1. The highest BCUT2D eigenvalue weighted by molar-refractivity contribution is 5.81. The Labute approximate surface area is 118 Å². The molecule has 20 heavy (non-hydrogen) atoms. The van der Waals surface area contributed by atoms with Crippen molar-refractivity contribution in [1.29, 1.82) is 0 Å². The lowest BCUT2D eigenvalue weighted by Crippen LogP contribution is -2.28. The fourth-order valence-corrected chi connectivity index (χ4v) is 2.71. The summed E-state index contributed by atoms with van der Waals surface area (Å²) in [5.74, 6) is 0.247. The zero-order chi connectivity index (χ0) is 13.9. The molecule has 0 radical (unpaired) electrons. The molecule has 2 heterocycles. The first kappa shape index (κ1) is 13.1. The van der Waals surface area contributed by atoms with Crippen LogP contribution in [0.5, 0.6) is 0 Å². The number of fused-ring (bicyclic) bond motifs is 1. The molecule has 104 valence electrons. The van der Waals surface area contributed by atoms with Crippen LogP contribution in [0.3, 0.4) is 0 Å². The Morgan fingerprint density at radius 1 is 1.30 bits per heavy atom. The standard InChI is InChI=1S/C16H18N2O2/c19-11-12-7-16(20)18(10-12)6-5-15-8-13-3-1-2-4-14(13)9-17-15/h1-4,8-9,12,19H,5-7,10-11H2. The number of hydrogen-bond acceptors (Lipinski definition) is 3. The van der Waals surface area contributed by atoms with Crippen molar-refractivity contribution in [2.24, 2.45) is 5.92 Å². The number of hydrogen-bond donors (Lipinski definition) is 1. The lowest BCUT2D eigenvalue weighted by molar-refractivity contribution is -0.127. The molecule has 1 N–H and O–H groups in total. The predicted octanol–water partition coefficient (Wildman–Crippen LogP) is 1.62. The van der Waals surface area contributed by atoms with Gasteiger partial charge < -0.3 is 10.0 Å². The van der Waals surface area contributed by atoms with E-state index in [2.05, 4.69) is 17.1 Å². The number of aliphatic hydroxyl groups excluding tert-OH is 1. The third-order valence-electron chi connectivity index (χ3n) is 3.88. The highest BCUT2D eigenvalue weighted by atomic mass is 16.3. The number of carbonyl (C=O) groups excluding carboxylic acids is 1. The van der Waals surface area contributed by atoms with Crippen molar-refractivity contribution in [3.05, 3.63) is 42.2 Å². The van der Waals surface area contributed by atoms with Crippen LogP contribution in [0.4, 0.5) is 0 Å². The van der Waals surface area contributed by atoms with E-state index in [1.54, 1.807) is 0 Å². The van der Waals surface area contributed by atoms with Gasteiger partial charge in [0.25, 0.3) is 0 Å². The maximum atomic E-state index is 11.8. The summed E-state index contributed by atoms with van der Waals surface area (Å²) < 4.78 is 0. The van der Waals surface area contributed by atoms with Crippen LogP contribution in [0.15, 0.2) is 36.5 Å². The molecule has 1 aliphatic rings. The van der Waals surface area contributed by atoms with Crippen LogP contribution in [0.2, 0.25) is 0 Å². The molecule has 1 aliphatic heterocycles. The van der Waals surface area contributed by atoms with Gasteiger partial charge in [0.05, 0.1) is 0 Å². The van der Waals surface area contributed by atoms with Crippen LogP contribution >= 0.6 is 0 Å². The fraction of sp³-hybridized carbons (Fsp3) is 0.375. The normalized spacial score (nSPS) is 18.9. The molecule has 1 amide bonds. The molecule has 4 nitrogen and oxygen atoms in total. The van der Waals surface area contributed by atoms with Crippen LogP contribution < -0.4 is 0 Å². The van der Waals surface area contributed by atoms with Crippen molar-refractivity contribution >= 4 is 16.7 Å². The number of carbonyl (C=O) groups is 1. The number of pyridine rings is 1. The second kappa shape index (κ2) is 5.59. The van der Waals surface area contributed by atoms with E-state index in [1.807, 2.05) is 29.3 Å². The first-order valence-corrected chi connectivity index (χ1v) is 6.98. The molecule has 3 rings (SSSR count). The van der Waals surface area contributed by atoms with Crippen LogP contribution in [-0.4, -0.2) is 40.6 Å². The topological polar surface area (TPSA) is 53.4 Å². The van der Waals surface area contributed by atoms with Gasteiger partial charge in [0, 0.05) is 55.7 Å². The first-order chi connectivity index (χ1) is 9.76. The van der Waals surface area contributed by atoms with Crippen molar-refractivity contribution in [3.8, 4) is 0 Å². The smallest absolute Gasteiger partial charge is 0.223 e. The van der Waals surface area contributed by atoms with E-state index in [0.717, 1.165) is 17.5 Å². The van der Waals surface area contributed by atoms with E-state index < -0.39 is 0 Å². The molecule has 2 aromatic rings. The van der Waals surface area contributed by atoms with Gasteiger partial charge in [0.15, 0.2) is 0 Å². The molecular formula is C16H18N2O2. The number of likely N-dealkylation sites (tertiary alicyclic amines) is 1. The summed E-state index contributed by atoms with van der Waals surface area (Å²) in [6.45, 7) is 1.44. The maximum absolute atomic E-state index is 11.8. The number of amides is 1. The summed E-state index contributed by atoms with van der Waals surface area (Å²) in [5, 5.41) is 11.4. The van der Waals surface area contributed by atoms with E-state index in [0.29, 0.717) is 19.5 Å². The van der Waals surface area contributed by atoms with Gasteiger partial charge in [0.2, 0.25) is 5.91 Å². The third-order valence-corrected chi connectivity index (χ3v) is 3.88. The van der Waals surface area contributed by atoms with Gasteiger partial charge in [-0.15, -0.1) is 0 Å². The van der Waals surface area contributed by atoms with Crippen LogP contribution in [-0.2, 0) is 11.2 Å². The quantitative estimate of drug-likeness (QED) is 0.918. The predicted molar refractivity (Wildman–Crippen MR) is 77.2 cm³/mol. The maximum Gasteiger partial charge on any atom is 0.223 e. The van der Waals surface area contributed by atoms with Gasteiger partial charge in [-0.05, 0) is 11.5 Å². The minimum atomic E-state index is 0.0937. The number of nitrogens with zero attached hydrogens (tertiary/aromatic N) is 2. The highest BCUT2D eigenvalue weighted by Crippen LogP contribution is 2.18. The fourth-order valence-electron chi connectivity index (χ4n) is 2.71. The Bertz CT molecular complexity index is 627. The van der Waals surface area contributed by atoms with Gasteiger partial charge in [-0.3, -0.25) is 9.78 Å². The molecule has 4 heteroatoms. The van der Waals surface area contributed by atoms with Gasteiger partial charge in [-0.25, -0.2) is 0 Å². The number of benzene rings is 1. The first-order valence-electron chi connectivity index (χ1n) is 6.98. The van der Waals surface area contributed by atoms with E-state index in [-0.39, 0.29) is 18.4 Å². The van der Waals surface area contributed by atoms with Gasteiger partial charge >= 0.3 is 0 Å². The monoisotopic (exact) mass is 270 g/mol. The molecule has 0 aliphatic carbocycles. The minimum absolute atomic E-state index is 0.0937. The van der Waals surface area contributed by atoms with E-state index in [9.17, 15) is 4.79 Å². The number of aliphatic hydroxyl groups is 1. The zero-order valence-electron chi connectivity index (χ0n) is 11.3. The molecule has 1 unspecified atom stereocenters. The van der Waals surface area contributed by atoms with E-state index in [1.165, 1.54) is 5.39 Å². The van der Waals surface area contributed by atoms with Crippen LogP contribution in [0, 0.1) is 5.92 Å². The molecule has 1 saturated heterocycles. The molecule has 1 aromatic heterocycles. The molecule has 0 bridgehead atoms. The Balaban J connectivity index is 1.66.